The molecule has 0 aliphatic rings. The SMILES string of the molecule is CC(=NNC(=O)c1cc(C)nc2c1c(C)nn2-c1ccccc1)c1cc(Br)cs1. The molecule has 146 valence electrons. The molecule has 1 N–H and O–H groups in total. The number of halogens is 1. The monoisotopic (exact) mass is 467 g/mol. The van der Waals surface area contributed by atoms with Crippen LogP contribution in [0.5, 0.6) is 0 Å². The van der Waals surface area contributed by atoms with E-state index < -0.39 is 0 Å². The molecule has 0 aliphatic carbocycles. The minimum Gasteiger partial charge on any atom is -0.267 e. The second-order valence-corrected chi connectivity index (χ2v) is 8.44. The van der Waals surface area contributed by atoms with Crippen LogP contribution < -0.4 is 5.43 Å². The first-order valence-corrected chi connectivity index (χ1v) is 10.6. The maximum absolute atomic E-state index is 13.0. The van der Waals surface area contributed by atoms with E-state index >= 15 is 0 Å². The molecule has 8 heteroatoms. The lowest BCUT2D eigenvalue weighted by atomic mass is 10.1. The number of amides is 1. The van der Waals surface area contributed by atoms with Gasteiger partial charge in [0.25, 0.3) is 5.91 Å². The van der Waals surface area contributed by atoms with Crippen LogP contribution in [0.1, 0.15) is 33.5 Å². The highest BCUT2D eigenvalue weighted by Crippen LogP contribution is 2.25. The smallest absolute Gasteiger partial charge is 0.267 e. The molecule has 0 radical (unpaired) electrons. The van der Waals surface area contributed by atoms with E-state index in [-0.39, 0.29) is 5.91 Å². The molecule has 6 nitrogen and oxygen atoms in total. The second kappa shape index (κ2) is 7.88. The zero-order valence-corrected chi connectivity index (χ0v) is 18.5. The average Bonchev–Trinajstić information content (AvgIpc) is 3.29. The van der Waals surface area contributed by atoms with E-state index in [4.69, 9.17) is 0 Å². The van der Waals surface area contributed by atoms with Crippen LogP contribution in [0.25, 0.3) is 16.7 Å². The van der Waals surface area contributed by atoms with E-state index in [1.165, 1.54) is 0 Å². The minimum atomic E-state index is -0.286. The number of hydrazone groups is 1. The summed E-state index contributed by atoms with van der Waals surface area (Å²) in [5.74, 6) is -0.286. The zero-order chi connectivity index (χ0) is 20.5. The lowest BCUT2D eigenvalue weighted by molar-refractivity contribution is 0.0956. The molecule has 0 bridgehead atoms. The number of rotatable bonds is 4. The molecule has 0 atom stereocenters. The predicted octanol–water partition coefficient (Wildman–Crippen LogP) is 5.02. The van der Waals surface area contributed by atoms with Crippen molar-refractivity contribution in [3.8, 4) is 5.69 Å². The molecule has 0 unspecified atom stereocenters. The van der Waals surface area contributed by atoms with Gasteiger partial charge in [-0.25, -0.2) is 15.1 Å². The van der Waals surface area contributed by atoms with Gasteiger partial charge >= 0.3 is 0 Å². The number of aromatic nitrogens is 3. The van der Waals surface area contributed by atoms with Crippen LogP contribution in [0.3, 0.4) is 0 Å². The number of hydrogen-bond donors (Lipinski definition) is 1. The summed E-state index contributed by atoms with van der Waals surface area (Å²) in [5.41, 5.74) is 6.96. The molecule has 4 rings (SSSR count). The van der Waals surface area contributed by atoms with E-state index in [1.807, 2.05) is 62.5 Å². The van der Waals surface area contributed by atoms with Gasteiger partial charge in [0.15, 0.2) is 5.65 Å². The van der Waals surface area contributed by atoms with Crippen molar-refractivity contribution in [3.63, 3.8) is 0 Å². The molecule has 4 aromatic rings. The Morgan fingerprint density at radius 3 is 2.66 bits per heavy atom. The Morgan fingerprint density at radius 1 is 1.21 bits per heavy atom. The van der Waals surface area contributed by atoms with Crippen LogP contribution in [0.15, 0.2) is 57.4 Å². The topological polar surface area (TPSA) is 72.2 Å². The van der Waals surface area contributed by atoms with Crippen LogP contribution in [-0.4, -0.2) is 26.4 Å². The van der Waals surface area contributed by atoms with Gasteiger partial charge in [0, 0.05) is 15.5 Å². The molecule has 29 heavy (non-hydrogen) atoms. The summed E-state index contributed by atoms with van der Waals surface area (Å²) >= 11 is 4.99. The molecule has 3 heterocycles. The summed E-state index contributed by atoms with van der Waals surface area (Å²) in [7, 11) is 0. The highest BCUT2D eigenvalue weighted by atomic mass is 79.9. The molecule has 3 aromatic heterocycles. The first kappa shape index (κ1) is 19.5. The number of carbonyl (C=O) groups excluding carboxylic acids is 1. The van der Waals surface area contributed by atoms with Crippen molar-refractivity contribution in [1.29, 1.82) is 0 Å². The van der Waals surface area contributed by atoms with E-state index in [2.05, 4.69) is 36.5 Å². The highest BCUT2D eigenvalue weighted by Gasteiger charge is 2.19. The number of para-hydroxylation sites is 1. The van der Waals surface area contributed by atoms with E-state index in [9.17, 15) is 4.79 Å². The Kier molecular flexibility index (Phi) is 5.29. The first-order chi connectivity index (χ1) is 13.9. The average molecular weight is 468 g/mol. The van der Waals surface area contributed by atoms with Crippen molar-refractivity contribution in [1.82, 2.24) is 20.2 Å². The Hall–Kier alpha value is -2.84. The lowest BCUT2D eigenvalue weighted by Gasteiger charge is -2.07. The molecule has 0 spiro atoms. The summed E-state index contributed by atoms with van der Waals surface area (Å²) in [5, 5.41) is 11.6. The van der Waals surface area contributed by atoms with Gasteiger partial charge in [0.1, 0.15) is 0 Å². The number of aryl methyl sites for hydroxylation is 2. The summed E-state index contributed by atoms with van der Waals surface area (Å²) in [6, 6.07) is 13.5. The first-order valence-electron chi connectivity index (χ1n) is 8.95. The van der Waals surface area contributed by atoms with Gasteiger partial charge < -0.3 is 0 Å². The molecule has 0 aliphatic heterocycles. The Labute approximate surface area is 180 Å². The fourth-order valence-electron chi connectivity index (χ4n) is 3.10. The number of carbonyl (C=O) groups is 1. The van der Waals surface area contributed by atoms with Gasteiger partial charge in [0.2, 0.25) is 0 Å². The molecule has 0 fully saturated rings. The quantitative estimate of drug-likeness (QED) is 0.338. The largest absolute Gasteiger partial charge is 0.272 e. The lowest BCUT2D eigenvalue weighted by Crippen LogP contribution is -2.20. The standard InChI is InChI=1S/C21H18BrN5OS/c1-12-9-17(21(28)25-24-13(2)18-10-15(22)11-29-18)19-14(3)26-27(20(19)23-12)16-7-5-4-6-8-16/h4-11H,1-3H3,(H,25,28). The Balaban J connectivity index is 1.74. The van der Waals surface area contributed by atoms with Crippen LogP contribution in [0.4, 0.5) is 0 Å². The van der Waals surface area contributed by atoms with Crippen molar-refractivity contribution in [3.05, 3.63) is 74.1 Å². The molecular weight excluding hydrogens is 450 g/mol. The normalized spacial score (nSPS) is 11.8. The fourth-order valence-corrected chi connectivity index (χ4v) is 4.47. The number of nitrogens with one attached hydrogen (secondary N) is 1. The number of fused-ring (bicyclic) bond motifs is 1. The van der Waals surface area contributed by atoms with E-state index in [1.54, 1.807) is 22.1 Å². The Bertz CT molecular complexity index is 1240. The number of benzene rings is 1. The third kappa shape index (κ3) is 3.86. The van der Waals surface area contributed by atoms with Gasteiger partial charge in [-0.1, -0.05) is 18.2 Å². The molecule has 0 saturated heterocycles. The number of pyridine rings is 1. The third-order valence-electron chi connectivity index (χ3n) is 4.44. The summed E-state index contributed by atoms with van der Waals surface area (Å²) in [4.78, 5) is 18.6. The predicted molar refractivity (Wildman–Crippen MR) is 120 cm³/mol. The number of hydrogen-bond acceptors (Lipinski definition) is 5. The van der Waals surface area contributed by atoms with Crippen molar-refractivity contribution in [2.75, 3.05) is 0 Å². The van der Waals surface area contributed by atoms with E-state index in [0.717, 1.165) is 37.5 Å². The highest BCUT2D eigenvalue weighted by molar-refractivity contribution is 9.10. The van der Waals surface area contributed by atoms with Crippen molar-refractivity contribution >= 4 is 49.9 Å². The molecule has 1 amide bonds. The molecular formula is C21H18BrN5OS. The van der Waals surface area contributed by atoms with Crippen molar-refractivity contribution in [2.24, 2.45) is 5.10 Å². The third-order valence-corrected chi connectivity index (χ3v) is 6.24. The van der Waals surface area contributed by atoms with Crippen LogP contribution >= 0.6 is 27.3 Å². The summed E-state index contributed by atoms with van der Waals surface area (Å²) < 4.78 is 2.76. The van der Waals surface area contributed by atoms with Crippen LogP contribution in [0.2, 0.25) is 0 Å². The summed E-state index contributed by atoms with van der Waals surface area (Å²) in [6.07, 6.45) is 0. The zero-order valence-electron chi connectivity index (χ0n) is 16.1. The van der Waals surface area contributed by atoms with Gasteiger partial charge in [-0.15, -0.1) is 11.3 Å². The number of nitrogens with zero attached hydrogens (tertiary/aromatic N) is 4. The minimum absolute atomic E-state index is 0.286. The summed E-state index contributed by atoms with van der Waals surface area (Å²) in [6.45, 7) is 5.61. The van der Waals surface area contributed by atoms with Gasteiger partial charge in [0.05, 0.1) is 32.9 Å². The van der Waals surface area contributed by atoms with Crippen molar-refractivity contribution in [2.45, 2.75) is 20.8 Å². The van der Waals surface area contributed by atoms with E-state index in [0.29, 0.717) is 11.2 Å². The van der Waals surface area contributed by atoms with Gasteiger partial charge in [-0.05, 0) is 61.0 Å². The molecule has 1 aromatic carbocycles. The van der Waals surface area contributed by atoms with Crippen molar-refractivity contribution < 1.29 is 4.79 Å². The Morgan fingerprint density at radius 2 is 1.97 bits per heavy atom. The maximum Gasteiger partial charge on any atom is 0.272 e. The van der Waals surface area contributed by atoms with Gasteiger partial charge in [-0.3, -0.25) is 4.79 Å². The van der Waals surface area contributed by atoms with Gasteiger partial charge in [-0.2, -0.15) is 10.2 Å². The second-order valence-electron chi connectivity index (χ2n) is 6.61. The maximum atomic E-state index is 13.0. The van der Waals surface area contributed by atoms with Crippen LogP contribution in [-0.2, 0) is 0 Å². The fraction of sp³-hybridized carbons (Fsp3) is 0.143. The van der Waals surface area contributed by atoms with Crippen LogP contribution in [0, 0.1) is 13.8 Å². The molecule has 0 saturated carbocycles. The number of thiophene rings is 1.